The molecule has 0 nitrogen and oxygen atoms in total. The van der Waals surface area contributed by atoms with Crippen molar-refractivity contribution in [2.75, 3.05) is 0 Å². The van der Waals surface area contributed by atoms with Gasteiger partial charge in [0.1, 0.15) is 0 Å². The van der Waals surface area contributed by atoms with E-state index < -0.39 is 0 Å². The van der Waals surface area contributed by atoms with E-state index >= 15 is 0 Å². The molecule has 0 aromatic heterocycles. The minimum Gasteiger partial charge on any atom is -0.0654 e. The lowest BCUT2D eigenvalue weighted by Gasteiger charge is -1.95. The molecular weight excluding hydrogens is 144 g/mol. The van der Waals surface area contributed by atoms with Crippen LogP contribution < -0.4 is 0 Å². The van der Waals surface area contributed by atoms with Crippen molar-refractivity contribution in [2.45, 2.75) is 46.0 Å². The second kappa shape index (κ2) is 2.08. The van der Waals surface area contributed by atoms with Crippen molar-refractivity contribution in [2.24, 2.45) is 29.1 Å². The summed E-state index contributed by atoms with van der Waals surface area (Å²) in [5.41, 5.74) is 0.938. The molecule has 3 saturated carbocycles. The fraction of sp³-hybridized carbons (Fsp3) is 1.00. The van der Waals surface area contributed by atoms with Gasteiger partial charge in [-0.25, -0.2) is 0 Å². The first-order valence-corrected chi connectivity index (χ1v) is 5.78. The monoisotopic (exact) mass is 164 g/mol. The molecule has 3 aliphatic carbocycles. The predicted octanol–water partition coefficient (Wildman–Crippen LogP) is 3.47. The van der Waals surface area contributed by atoms with Crippen LogP contribution in [0.1, 0.15) is 46.0 Å². The minimum atomic E-state index is 0.938. The van der Waals surface area contributed by atoms with Crippen LogP contribution in [0.4, 0.5) is 0 Å². The summed E-state index contributed by atoms with van der Waals surface area (Å²) < 4.78 is 0. The van der Waals surface area contributed by atoms with Gasteiger partial charge >= 0.3 is 0 Å². The molecule has 0 aromatic rings. The third-order valence-electron chi connectivity index (χ3n) is 4.84. The van der Waals surface area contributed by atoms with Crippen molar-refractivity contribution in [3.63, 3.8) is 0 Å². The van der Waals surface area contributed by atoms with Crippen molar-refractivity contribution in [3.8, 4) is 0 Å². The van der Waals surface area contributed by atoms with E-state index in [9.17, 15) is 0 Å². The second-order valence-electron chi connectivity index (χ2n) is 5.60. The van der Waals surface area contributed by atoms with Crippen LogP contribution >= 0.6 is 0 Å². The first kappa shape index (κ1) is 7.41. The zero-order valence-corrected chi connectivity index (χ0v) is 8.34. The molecule has 0 aromatic carbocycles. The number of rotatable bonds is 3. The molecule has 0 saturated heterocycles. The zero-order valence-electron chi connectivity index (χ0n) is 8.34. The molecular formula is C12H20. The topological polar surface area (TPSA) is 0 Å². The average molecular weight is 164 g/mol. The SMILES string of the molecule is CCCC1CC1C1CC12CC2C. The molecule has 0 heterocycles. The van der Waals surface area contributed by atoms with Gasteiger partial charge in [0.25, 0.3) is 0 Å². The van der Waals surface area contributed by atoms with Gasteiger partial charge in [0.15, 0.2) is 0 Å². The number of hydrogen-bond acceptors (Lipinski definition) is 0. The van der Waals surface area contributed by atoms with Crippen LogP contribution in [0, 0.1) is 29.1 Å². The van der Waals surface area contributed by atoms with Crippen LogP contribution in [0.2, 0.25) is 0 Å². The standard InChI is InChI=1S/C12H20/c1-3-4-9-5-10(9)11-7-12(11)6-8(12)2/h8-11H,3-7H2,1-2H3. The van der Waals surface area contributed by atoms with Crippen LogP contribution in [0.5, 0.6) is 0 Å². The summed E-state index contributed by atoms with van der Waals surface area (Å²) in [5, 5.41) is 0. The first-order valence-electron chi connectivity index (χ1n) is 5.78. The van der Waals surface area contributed by atoms with Crippen LogP contribution in [-0.2, 0) is 0 Å². The van der Waals surface area contributed by atoms with Gasteiger partial charge in [0.05, 0.1) is 0 Å². The van der Waals surface area contributed by atoms with Crippen LogP contribution in [0.3, 0.4) is 0 Å². The molecule has 12 heavy (non-hydrogen) atoms. The maximum absolute atomic E-state index is 2.46. The van der Waals surface area contributed by atoms with Gasteiger partial charge in [-0.2, -0.15) is 0 Å². The molecule has 0 aliphatic heterocycles. The lowest BCUT2D eigenvalue weighted by atomic mass is 10.1. The predicted molar refractivity (Wildman–Crippen MR) is 50.8 cm³/mol. The van der Waals surface area contributed by atoms with E-state index in [1.54, 1.807) is 19.3 Å². The smallest absolute Gasteiger partial charge is 0.0235 e. The van der Waals surface area contributed by atoms with E-state index in [0.717, 1.165) is 17.3 Å². The molecule has 3 rings (SSSR count). The highest BCUT2D eigenvalue weighted by Gasteiger charge is 2.72. The minimum absolute atomic E-state index is 0.938. The lowest BCUT2D eigenvalue weighted by molar-refractivity contribution is 0.532. The Hall–Kier alpha value is 0. The van der Waals surface area contributed by atoms with Crippen molar-refractivity contribution < 1.29 is 0 Å². The second-order valence-corrected chi connectivity index (χ2v) is 5.60. The molecule has 5 unspecified atom stereocenters. The number of hydrogen-bond donors (Lipinski definition) is 0. The highest BCUT2D eigenvalue weighted by atomic mass is 14.8. The first-order chi connectivity index (χ1) is 5.78. The molecule has 1 spiro atoms. The molecule has 0 amide bonds. The van der Waals surface area contributed by atoms with Gasteiger partial charge in [-0.1, -0.05) is 26.7 Å². The molecule has 0 N–H and O–H groups in total. The summed E-state index contributed by atoms with van der Waals surface area (Å²) in [4.78, 5) is 0. The third-order valence-corrected chi connectivity index (χ3v) is 4.84. The summed E-state index contributed by atoms with van der Waals surface area (Å²) in [5.74, 6) is 4.65. The van der Waals surface area contributed by atoms with Gasteiger partial charge < -0.3 is 0 Å². The Morgan fingerprint density at radius 1 is 1.33 bits per heavy atom. The Morgan fingerprint density at radius 2 is 2.08 bits per heavy atom. The molecule has 68 valence electrons. The molecule has 0 bridgehead atoms. The maximum Gasteiger partial charge on any atom is -0.0235 e. The fourth-order valence-corrected chi connectivity index (χ4v) is 3.71. The quantitative estimate of drug-likeness (QED) is 0.599. The molecule has 3 fully saturated rings. The van der Waals surface area contributed by atoms with E-state index in [-0.39, 0.29) is 0 Å². The summed E-state index contributed by atoms with van der Waals surface area (Å²) >= 11 is 0. The van der Waals surface area contributed by atoms with Gasteiger partial charge in [-0.3, -0.25) is 0 Å². The third kappa shape index (κ3) is 0.843. The van der Waals surface area contributed by atoms with E-state index in [2.05, 4.69) is 13.8 Å². The summed E-state index contributed by atoms with van der Waals surface area (Å²) in [6.07, 6.45) is 7.71. The van der Waals surface area contributed by atoms with Crippen molar-refractivity contribution in [1.82, 2.24) is 0 Å². The van der Waals surface area contributed by atoms with Crippen LogP contribution in [0.15, 0.2) is 0 Å². The van der Waals surface area contributed by atoms with E-state index in [4.69, 9.17) is 0 Å². The largest absolute Gasteiger partial charge is 0.0654 e. The highest BCUT2D eigenvalue weighted by Crippen LogP contribution is 2.80. The highest BCUT2D eigenvalue weighted by molar-refractivity contribution is 5.21. The Kier molecular flexibility index (Phi) is 1.28. The normalized spacial score (nSPS) is 60.5. The summed E-state index contributed by atoms with van der Waals surface area (Å²) in [6, 6.07) is 0. The van der Waals surface area contributed by atoms with Crippen molar-refractivity contribution in [3.05, 3.63) is 0 Å². The Bertz CT molecular complexity index is 208. The Labute approximate surface area is 75.7 Å². The van der Waals surface area contributed by atoms with Crippen molar-refractivity contribution >= 4 is 0 Å². The van der Waals surface area contributed by atoms with Crippen LogP contribution in [0.25, 0.3) is 0 Å². The van der Waals surface area contributed by atoms with Crippen molar-refractivity contribution in [1.29, 1.82) is 0 Å². The Morgan fingerprint density at radius 3 is 2.58 bits per heavy atom. The average Bonchev–Trinajstić information content (AvgIpc) is 2.81. The lowest BCUT2D eigenvalue weighted by Crippen LogP contribution is -1.89. The maximum atomic E-state index is 2.46. The van der Waals surface area contributed by atoms with E-state index in [1.165, 1.54) is 24.7 Å². The van der Waals surface area contributed by atoms with Gasteiger partial charge in [0.2, 0.25) is 0 Å². The molecule has 5 atom stereocenters. The molecule has 0 heteroatoms. The van der Waals surface area contributed by atoms with Crippen LogP contribution in [-0.4, -0.2) is 0 Å². The van der Waals surface area contributed by atoms with Gasteiger partial charge in [-0.05, 0) is 48.3 Å². The fourth-order valence-electron chi connectivity index (χ4n) is 3.71. The molecule has 0 radical (unpaired) electrons. The van der Waals surface area contributed by atoms with E-state index in [0.29, 0.717) is 0 Å². The summed E-state index contributed by atoms with van der Waals surface area (Å²) in [6.45, 7) is 4.79. The summed E-state index contributed by atoms with van der Waals surface area (Å²) in [7, 11) is 0. The Balaban J connectivity index is 1.53. The van der Waals surface area contributed by atoms with Gasteiger partial charge in [-0.15, -0.1) is 0 Å². The molecule has 3 aliphatic rings. The zero-order chi connectivity index (χ0) is 8.34. The van der Waals surface area contributed by atoms with E-state index in [1.807, 2.05) is 0 Å². The van der Waals surface area contributed by atoms with Gasteiger partial charge in [0, 0.05) is 0 Å².